The smallest absolute Gasteiger partial charge is 0.202 e. The number of fused-ring (bicyclic) bond motifs is 1. The van der Waals surface area contributed by atoms with Crippen LogP contribution in [0.1, 0.15) is 11.1 Å². The Morgan fingerprint density at radius 3 is 2.29 bits per heavy atom. The summed E-state index contributed by atoms with van der Waals surface area (Å²) >= 11 is 0. The Kier molecular flexibility index (Phi) is 5.48. The SMILES string of the molecule is COc1ccc(C)cc1Nc1nc2ccccc2nc1[N-]S(=O)(=O)c1cccc(C)c1. The van der Waals surface area contributed by atoms with Gasteiger partial charge in [0.2, 0.25) is 10.0 Å². The van der Waals surface area contributed by atoms with Crippen LogP contribution in [0, 0.1) is 13.8 Å². The van der Waals surface area contributed by atoms with Crippen LogP contribution in [0.4, 0.5) is 17.3 Å². The number of hydrogen-bond donors (Lipinski definition) is 1. The summed E-state index contributed by atoms with van der Waals surface area (Å²) in [7, 11) is -2.43. The molecule has 4 rings (SSSR count). The van der Waals surface area contributed by atoms with E-state index in [1.54, 1.807) is 31.4 Å². The molecule has 0 radical (unpaired) electrons. The maximum Gasteiger partial charge on any atom is 0.202 e. The molecule has 31 heavy (non-hydrogen) atoms. The van der Waals surface area contributed by atoms with Gasteiger partial charge in [0.1, 0.15) is 11.6 Å². The van der Waals surface area contributed by atoms with Crippen LogP contribution >= 0.6 is 0 Å². The molecule has 8 heteroatoms. The summed E-state index contributed by atoms with van der Waals surface area (Å²) in [5, 5.41) is 3.15. The predicted octanol–water partition coefficient (Wildman–Crippen LogP) is 5.39. The minimum Gasteiger partial charge on any atom is -0.495 e. The van der Waals surface area contributed by atoms with Gasteiger partial charge in [-0.2, -0.15) is 0 Å². The normalized spacial score (nSPS) is 11.3. The molecule has 0 atom stereocenters. The average Bonchev–Trinajstić information content (AvgIpc) is 2.74. The van der Waals surface area contributed by atoms with Crippen LogP contribution in [0.15, 0.2) is 71.6 Å². The maximum absolute atomic E-state index is 13.0. The first-order valence-corrected chi connectivity index (χ1v) is 11.0. The molecule has 0 aliphatic carbocycles. The lowest BCUT2D eigenvalue weighted by Crippen LogP contribution is -2.03. The molecule has 0 aliphatic rings. The number of aromatic nitrogens is 2. The van der Waals surface area contributed by atoms with Gasteiger partial charge in [-0.05, 0) is 66.6 Å². The number of benzene rings is 3. The van der Waals surface area contributed by atoms with Crippen LogP contribution in [0.2, 0.25) is 0 Å². The standard InChI is InChI=1S/C23H21N4O3S/c1-15-7-6-8-17(13-15)31(28,29)27-23-22(24-18-9-4-5-10-19(18)25-23)26-20-14-16(2)11-12-21(20)30-3/h4-14H,1-3H3,(H-,24,25,26,27)/q-1. The number of methoxy groups -OCH3 is 1. The number of nitrogens with one attached hydrogen (secondary N) is 1. The molecule has 1 heterocycles. The number of sulfonamides is 1. The van der Waals surface area contributed by atoms with E-state index >= 15 is 0 Å². The first-order valence-electron chi connectivity index (χ1n) is 9.59. The molecule has 0 amide bonds. The summed E-state index contributed by atoms with van der Waals surface area (Å²) in [4.78, 5) is 9.15. The minimum absolute atomic E-state index is 0.0243. The summed E-state index contributed by atoms with van der Waals surface area (Å²) in [6.45, 7) is 3.77. The number of anilines is 2. The Balaban J connectivity index is 1.82. The van der Waals surface area contributed by atoms with E-state index in [2.05, 4.69) is 20.0 Å². The third-order valence-electron chi connectivity index (χ3n) is 4.65. The van der Waals surface area contributed by atoms with Gasteiger partial charge in [-0.15, -0.1) is 0 Å². The molecule has 7 nitrogen and oxygen atoms in total. The number of nitrogens with zero attached hydrogens (tertiary/aromatic N) is 3. The van der Waals surface area contributed by atoms with E-state index in [0.717, 1.165) is 11.1 Å². The largest absolute Gasteiger partial charge is 0.495 e. The van der Waals surface area contributed by atoms with Gasteiger partial charge in [0.25, 0.3) is 0 Å². The van der Waals surface area contributed by atoms with E-state index in [-0.39, 0.29) is 16.5 Å². The zero-order valence-corrected chi connectivity index (χ0v) is 18.1. The highest BCUT2D eigenvalue weighted by Gasteiger charge is 2.14. The third-order valence-corrected chi connectivity index (χ3v) is 5.92. The molecule has 0 saturated heterocycles. The number of para-hydroxylation sites is 2. The van der Waals surface area contributed by atoms with Gasteiger partial charge in [-0.1, -0.05) is 36.4 Å². The molecule has 0 aliphatic heterocycles. The zero-order valence-electron chi connectivity index (χ0n) is 17.3. The average molecular weight is 434 g/mol. The van der Waals surface area contributed by atoms with Gasteiger partial charge in [0, 0.05) is 0 Å². The van der Waals surface area contributed by atoms with Crippen LogP contribution in [0.3, 0.4) is 0 Å². The molecule has 3 aromatic carbocycles. The summed E-state index contributed by atoms with van der Waals surface area (Å²) in [6, 6.07) is 19.4. The fraction of sp³-hybridized carbons (Fsp3) is 0.130. The molecule has 0 unspecified atom stereocenters. The van der Waals surface area contributed by atoms with Gasteiger partial charge in [-0.3, -0.25) is 0 Å². The van der Waals surface area contributed by atoms with Gasteiger partial charge in [0.15, 0.2) is 0 Å². The molecule has 1 N–H and O–H groups in total. The van der Waals surface area contributed by atoms with E-state index in [1.165, 1.54) is 6.07 Å². The fourth-order valence-corrected chi connectivity index (χ4v) is 4.17. The second-order valence-corrected chi connectivity index (χ2v) is 8.70. The second kappa shape index (κ2) is 8.23. The molecule has 0 bridgehead atoms. The number of rotatable bonds is 6. The van der Waals surface area contributed by atoms with Crippen molar-refractivity contribution in [1.82, 2.24) is 9.97 Å². The van der Waals surface area contributed by atoms with E-state index in [9.17, 15) is 8.42 Å². The zero-order chi connectivity index (χ0) is 22.0. The Morgan fingerprint density at radius 2 is 1.58 bits per heavy atom. The molecular weight excluding hydrogens is 412 g/mol. The van der Waals surface area contributed by atoms with Gasteiger partial charge < -0.3 is 19.8 Å². The summed E-state index contributed by atoms with van der Waals surface area (Å²) < 4.78 is 35.4. The van der Waals surface area contributed by atoms with Crippen LogP contribution < -0.4 is 10.1 Å². The van der Waals surface area contributed by atoms with Crippen molar-refractivity contribution < 1.29 is 13.2 Å². The van der Waals surface area contributed by atoms with Crippen molar-refractivity contribution in [2.24, 2.45) is 0 Å². The fourth-order valence-electron chi connectivity index (χ4n) is 3.13. The Bertz CT molecular complexity index is 1370. The van der Waals surface area contributed by atoms with Gasteiger partial charge >= 0.3 is 0 Å². The van der Waals surface area contributed by atoms with Crippen molar-refractivity contribution in [3.63, 3.8) is 0 Å². The number of ether oxygens (including phenoxy) is 1. The monoisotopic (exact) mass is 433 g/mol. The van der Waals surface area contributed by atoms with E-state index in [1.807, 2.05) is 50.2 Å². The van der Waals surface area contributed by atoms with Crippen molar-refractivity contribution in [3.05, 3.63) is 82.6 Å². The Morgan fingerprint density at radius 1 is 0.871 bits per heavy atom. The molecule has 1 aromatic heterocycles. The Labute approximate surface area is 181 Å². The lowest BCUT2D eigenvalue weighted by Gasteiger charge is -2.22. The van der Waals surface area contributed by atoms with E-state index in [4.69, 9.17) is 4.74 Å². The van der Waals surface area contributed by atoms with Crippen molar-refractivity contribution in [2.75, 3.05) is 12.4 Å². The quantitative estimate of drug-likeness (QED) is 0.438. The van der Waals surface area contributed by atoms with E-state index < -0.39 is 10.0 Å². The molecule has 0 fully saturated rings. The van der Waals surface area contributed by atoms with Crippen LogP contribution in [0.25, 0.3) is 15.8 Å². The van der Waals surface area contributed by atoms with Crippen molar-refractivity contribution in [1.29, 1.82) is 0 Å². The molecule has 0 spiro atoms. The first kappa shape index (κ1) is 20.6. The third kappa shape index (κ3) is 4.44. The molecule has 158 valence electrons. The summed E-state index contributed by atoms with van der Waals surface area (Å²) in [5.74, 6) is 0.788. The summed E-state index contributed by atoms with van der Waals surface area (Å²) in [6.07, 6.45) is 0. The maximum atomic E-state index is 13.0. The highest BCUT2D eigenvalue weighted by Crippen LogP contribution is 2.37. The Hall–Kier alpha value is -3.65. The van der Waals surface area contributed by atoms with Gasteiger partial charge in [0.05, 0.1) is 23.2 Å². The van der Waals surface area contributed by atoms with Crippen LogP contribution in [-0.4, -0.2) is 25.5 Å². The minimum atomic E-state index is -3.99. The van der Waals surface area contributed by atoms with Crippen molar-refractivity contribution in [3.8, 4) is 5.75 Å². The van der Waals surface area contributed by atoms with Gasteiger partial charge in [-0.25, -0.2) is 13.4 Å². The highest BCUT2D eigenvalue weighted by atomic mass is 32.2. The van der Waals surface area contributed by atoms with Crippen molar-refractivity contribution in [2.45, 2.75) is 18.7 Å². The predicted molar refractivity (Wildman–Crippen MR) is 122 cm³/mol. The summed E-state index contributed by atoms with van der Waals surface area (Å²) in [5.41, 5.74) is 3.62. The number of hydrogen-bond acceptors (Lipinski definition) is 6. The second-order valence-electron chi connectivity index (χ2n) is 7.10. The first-order chi connectivity index (χ1) is 14.9. The lowest BCUT2D eigenvalue weighted by molar-refractivity contribution is 0.416. The molecule has 0 saturated carbocycles. The molecule has 4 aromatic rings. The van der Waals surface area contributed by atoms with Crippen LogP contribution in [0.5, 0.6) is 5.75 Å². The highest BCUT2D eigenvalue weighted by molar-refractivity contribution is 7.94. The topological polar surface area (TPSA) is 95.3 Å². The molecular formula is C23H21N4O3S-. The van der Waals surface area contributed by atoms with E-state index in [0.29, 0.717) is 22.5 Å². The number of aryl methyl sites for hydroxylation is 2. The lowest BCUT2D eigenvalue weighted by atomic mass is 10.2. The van der Waals surface area contributed by atoms with Crippen molar-refractivity contribution >= 4 is 38.4 Å². The van der Waals surface area contributed by atoms with Crippen LogP contribution in [-0.2, 0) is 10.0 Å².